The van der Waals surface area contributed by atoms with Gasteiger partial charge < -0.3 is 5.43 Å². The van der Waals surface area contributed by atoms with Crippen molar-refractivity contribution in [2.75, 3.05) is 6.54 Å². The third-order valence-electron chi connectivity index (χ3n) is 3.00. The van der Waals surface area contributed by atoms with Crippen LogP contribution in [0, 0.1) is 5.82 Å². The van der Waals surface area contributed by atoms with Crippen molar-refractivity contribution >= 4 is 11.6 Å². The first-order valence-electron chi connectivity index (χ1n) is 5.81. The lowest BCUT2D eigenvalue weighted by Crippen LogP contribution is -2.42. The second-order valence-electron chi connectivity index (χ2n) is 4.95. The van der Waals surface area contributed by atoms with E-state index in [1.807, 2.05) is 35.5 Å². The molecular formula is C14H16ClFN2. The summed E-state index contributed by atoms with van der Waals surface area (Å²) in [4.78, 5) is 0. The molecule has 0 fully saturated rings. The zero-order valence-corrected chi connectivity index (χ0v) is 11.2. The van der Waals surface area contributed by atoms with Crippen LogP contribution >= 0.6 is 11.6 Å². The Morgan fingerprint density at radius 3 is 2.56 bits per heavy atom. The first kappa shape index (κ1) is 13.0. The molecule has 0 unspecified atom stereocenters. The monoisotopic (exact) mass is 266 g/mol. The number of benzene rings is 1. The van der Waals surface area contributed by atoms with Gasteiger partial charge in [-0.15, -0.1) is 0 Å². The third-order valence-corrected chi connectivity index (χ3v) is 3.33. The summed E-state index contributed by atoms with van der Waals surface area (Å²) in [7, 11) is 0. The molecule has 2 rings (SSSR count). The van der Waals surface area contributed by atoms with Gasteiger partial charge in [0.1, 0.15) is 11.0 Å². The summed E-state index contributed by atoms with van der Waals surface area (Å²) in [5, 5.41) is 2.51. The standard InChI is InChI=1S/C14H16ClFN2/c1-14(2,11-5-7-12(16)8-6-11)10-18-13(15)4-3-9-17-18/h3-9,17H,10H2,1-2H3. The van der Waals surface area contributed by atoms with Gasteiger partial charge >= 0.3 is 0 Å². The second kappa shape index (κ2) is 5.02. The normalized spacial score (nSPS) is 15.3. The molecule has 18 heavy (non-hydrogen) atoms. The molecule has 0 amide bonds. The topological polar surface area (TPSA) is 15.3 Å². The van der Waals surface area contributed by atoms with Crippen molar-refractivity contribution in [3.8, 4) is 0 Å². The van der Waals surface area contributed by atoms with Crippen LogP contribution in [0.3, 0.4) is 0 Å². The fraction of sp³-hybridized carbons (Fsp3) is 0.286. The number of hydrogen-bond acceptors (Lipinski definition) is 2. The summed E-state index contributed by atoms with van der Waals surface area (Å²) in [6.07, 6.45) is 5.51. The van der Waals surface area contributed by atoms with Crippen molar-refractivity contribution in [2.24, 2.45) is 0 Å². The molecular weight excluding hydrogens is 251 g/mol. The first-order valence-corrected chi connectivity index (χ1v) is 6.19. The van der Waals surface area contributed by atoms with E-state index in [0.717, 1.165) is 5.56 Å². The number of hydrazine groups is 1. The highest BCUT2D eigenvalue weighted by molar-refractivity contribution is 6.29. The first-order chi connectivity index (χ1) is 8.49. The highest BCUT2D eigenvalue weighted by atomic mass is 35.5. The van der Waals surface area contributed by atoms with Crippen LogP contribution in [0.4, 0.5) is 4.39 Å². The van der Waals surface area contributed by atoms with Gasteiger partial charge in [-0.3, -0.25) is 5.01 Å². The molecule has 4 heteroatoms. The number of allylic oxidation sites excluding steroid dienone is 2. The zero-order valence-electron chi connectivity index (χ0n) is 10.5. The molecule has 0 aromatic heterocycles. The summed E-state index contributed by atoms with van der Waals surface area (Å²) in [5.74, 6) is -0.216. The second-order valence-corrected chi connectivity index (χ2v) is 5.34. The quantitative estimate of drug-likeness (QED) is 0.842. The van der Waals surface area contributed by atoms with Crippen LogP contribution in [-0.4, -0.2) is 11.6 Å². The van der Waals surface area contributed by atoms with Gasteiger partial charge in [0, 0.05) is 18.2 Å². The van der Waals surface area contributed by atoms with Gasteiger partial charge in [-0.2, -0.15) is 0 Å². The maximum Gasteiger partial charge on any atom is 0.123 e. The van der Waals surface area contributed by atoms with Gasteiger partial charge in [0.05, 0.1) is 0 Å². The summed E-state index contributed by atoms with van der Waals surface area (Å²) >= 11 is 6.11. The van der Waals surface area contributed by atoms with E-state index in [0.29, 0.717) is 11.7 Å². The molecule has 1 aromatic rings. The molecule has 0 radical (unpaired) electrons. The Balaban J connectivity index is 2.14. The van der Waals surface area contributed by atoms with E-state index in [1.54, 1.807) is 0 Å². The van der Waals surface area contributed by atoms with Gasteiger partial charge in [-0.1, -0.05) is 37.6 Å². The van der Waals surface area contributed by atoms with Gasteiger partial charge in [0.2, 0.25) is 0 Å². The lowest BCUT2D eigenvalue weighted by molar-refractivity contribution is 0.243. The fourth-order valence-corrected chi connectivity index (χ4v) is 2.10. The predicted octanol–water partition coefficient (Wildman–Crippen LogP) is 3.52. The van der Waals surface area contributed by atoms with Crippen LogP contribution in [0.15, 0.2) is 47.8 Å². The molecule has 1 aromatic carbocycles. The number of rotatable bonds is 3. The van der Waals surface area contributed by atoms with Crippen molar-refractivity contribution in [2.45, 2.75) is 19.3 Å². The molecule has 1 aliphatic heterocycles. The van der Waals surface area contributed by atoms with Crippen molar-refractivity contribution in [1.29, 1.82) is 0 Å². The highest BCUT2D eigenvalue weighted by Gasteiger charge is 2.25. The largest absolute Gasteiger partial charge is 0.305 e. The highest BCUT2D eigenvalue weighted by Crippen LogP contribution is 2.26. The Kier molecular flexibility index (Phi) is 3.62. The molecule has 1 aliphatic rings. The average Bonchev–Trinajstić information content (AvgIpc) is 2.32. The van der Waals surface area contributed by atoms with Crippen LogP contribution in [0.1, 0.15) is 19.4 Å². The van der Waals surface area contributed by atoms with E-state index in [4.69, 9.17) is 11.6 Å². The molecule has 0 bridgehead atoms. The van der Waals surface area contributed by atoms with Crippen LogP contribution in [0.25, 0.3) is 0 Å². The molecule has 1 N–H and O–H groups in total. The SMILES string of the molecule is CC(C)(CN1NC=CC=C1Cl)c1ccc(F)cc1. The predicted molar refractivity (Wildman–Crippen MR) is 72.3 cm³/mol. The Bertz CT molecular complexity index is 477. The Morgan fingerprint density at radius 2 is 1.94 bits per heavy atom. The maximum atomic E-state index is 12.9. The minimum Gasteiger partial charge on any atom is -0.305 e. The molecule has 0 saturated heterocycles. The third kappa shape index (κ3) is 2.85. The molecule has 96 valence electrons. The Labute approximate surface area is 112 Å². The van der Waals surface area contributed by atoms with E-state index in [-0.39, 0.29) is 11.2 Å². The van der Waals surface area contributed by atoms with Crippen LogP contribution in [0.2, 0.25) is 0 Å². The van der Waals surface area contributed by atoms with Crippen LogP contribution < -0.4 is 5.43 Å². The lowest BCUT2D eigenvalue weighted by Gasteiger charge is -2.34. The zero-order chi connectivity index (χ0) is 13.2. The number of nitrogens with one attached hydrogen (secondary N) is 1. The van der Waals surface area contributed by atoms with Gasteiger partial charge in [-0.05, 0) is 29.8 Å². The Morgan fingerprint density at radius 1 is 1.28 bits per heavy atom. The van der Waals surface area contributed by atoms with Crippen molar-refractivity contribution < 1.29 is 4.39 Å². The minimum atomic E-state index is -0.216. The van der Waals surface area contributed by atoms with Crippen molar-refractivity contribution in [3.05, 3.63) is 59.2 Å². The fourth-order valence-electron chi connectivity index (χ4n) is 1.92. The maximum absolute atomic E-state index is 12.9. The van der Waals surface area contributed by atoms with Crippen LogP contribution in [0.5, 0.6) is 0 Å². The molecule has 1 heterocycles. The van der Waals surface area contributed by atoms with Crippen molar-refractivity contribution in [1.82, 2.24) is 10.4 Å². The van der Waals surface area contributed by atoms with E-state index in [9.17, 15) is 4.39 Å². The smallest absolute Gasteiger partial charge is 0.123 e. The number of hydrogen-bond donors (Lipinski definition) is 1. The minimum absolute atomic E-state index is 0.139. The van der Waals surface area contributed by atoms with E-state index in [1.165, 1.54) is 12.1 Å². The summed E-state index contributed by atoms with van der Waals surface area (Å²) in [6.45, 7) is 4.90. The van der Waals surface area contributed by atoms with E-state index >= 15 is 0 Å². The summed E-state index contributed by atoms with van der Waals surface area (Å²) < 4.78 is 12.9. The molecule has 2 nitrogen and oxygen atoms in total. The van der Waals surface area contributed by atoms with Crippen LogP contribution in [-0.2, 0) is 5.41 Å². The lowest BCUT2D eigenvalue weighted by atomic mass is 9.84. The molecule has 0 saturated carbocycles. The van der Waals surface area contributed by atoms with E-state index < -0.39 is 0 Å². The Hall–Kier alpha value is -1.48. The van der Waals surface area contributed by atoms with Gasteiger partial charge in [0.25, 0.3) is 0 Å². The molecule has 0 aliphatic carbocycles. The number of nitrogens with zero attached hydrogens (tertiary/aromatic N) is 1. The van der Waals surface area contributed by atoms with E-state index in [2.05, 4.69) is 19.3 Å². The van der Waals surface area contributed by atoms with Gasteiger partial charge in [0.15, 0.2) is 0 Å². The van der Waals surface area contributed by atoms with Gasteiger partial charge in [-0.25, -0.2) is 4.39 Å². The average molecular weight is 267 g/mol. The summed E-state index contributed by atoms with van der Waals surface area (Å²) in [5.41, 5.74) is 4.02. The molecule has 0 atom stereocenters. The summed E-state index contributed by atoms with van der Waals surface area (Å²) in [6, 6.07) is 6.59. The van der Waals surface area contributed by atoms with Crippen molar-refractivity contribution in [3.63, 3.8) is 0 Å². The number of halogens is 2. The molecule has 0 spiro atoms.